The van der Waals surface area contributed by atoms with Gasteiger partial charge in [0.15, 0.2) is 0 Å². The van der Waals surface area contributed by atoms with Crippen LogP contribution in [0.2, 0.25) is 0 Å². The van der Waals surface area contributed by atoms with Gasteiger partial charge in [0.05, 0.1) is 5.56 Å². The fourth-order valence-electron chi connectivity index (χ4n) is 2.14. The molecule has 19 heavy (non-hydrogen) atoms. The molecule has 0 spiro atoms. The zero-order chi connectivity index (χ0) is 14.0. The maximum Gasteiger partial charge on any atom is 0.416 e. The van der Waals surface area contributed by atoms with E-state index in [1.165, 1.54) is 0 Å². The van der Waals surface area contributed by atoms with Crippen LogP contribution < -0.4 is 10.6 Å². The van der Waals surface area contributed by atoms with E-state index in [2.05, 4.69) is 4.98 Å². The van der Waals surface area contributed by atoms with E-state index in [4.69, 9.17) is 10.5 Å². The Labute approximate surface area is 109 Å². The molecule has 0 radical (unpaired) electrons. The summed E-state index contributed by atoms with van der Waals surface area (Å²) in [6, 6.07) is 2.01. The summed E-state index contributed by atoms with van der Waals surface area (Å²) in [7, 11) is 1.73. The zero-order valence-electron chi connectivity index (χ0n) is 10.6. The van der Waals surface area contributed by atoms with Crippen molar-refractivity contribution >= 4 is 11.6 Å². The molecule has 0 bridgehead atoms. The molecule has 1 aromatic heterocycles. The lowest BCUT2D eigenvalue weighted by Crippen LogP contribution is -2.37. The van der Waals surface area contributed by atoms with Gasteiger partial charge in [-0.1, -0.05) is 0 Å². The minimum atomic E-state index is -4.41. The Morgan fingerprint density at radius 2 is 1.95 bits per heavy atom. The van der Waals surface area contributed by atoms with Crippen LogP contribution in [0.25, 0.3) is 0 Å². The fourth-order valence-corrected chi connectivity index (χ4v) is 2.14. The van der Waals surface area contributed by atoms with Gasteiger partial charge in [-0.05, 0) is 25.0 Å². The molecule has 2 N–H and O–H groups in total. The smallest absolute Gasteiger partial charge is 0.384 e. The number of hydrogen-bond donors (Lipinski definition) is 1. The van der Waals surface area contributed by atoms with E-state index >= 15 is 0 Å². The topological polar surface area (TPSA) is 51.4 Å². The standard InChI is InChI=1S/C12H16F3N3O/c1-18(9-2-4-19-5-3-9)11-7-8(12(13,14)15)6-10(16)17-11/h6-7,9H,2-5H2,1H3,(H2,16,17). The second kappa shape index (κ2) is 5.24. The molecule has 7 heteroatoms. The minimum Gasteiger partial charge on any atom is -0.384 e. The van der Waals surface area contributed by atoms with Crippen molar-refractivity contribution in [2.75, 3.05) is 30.9 Å². The molecule has 0 atom stereocenters. The highest BCUT2D eigenvalue weighted by molar-refractivity contribution is 5.49. The third kappa shape index (κ3) is 3.28. The summed E-state index contributed by atoms with van der Waals surface area (Å²) in [6.07, 6.45) is -2.87. The van der Waals surface area contributed by atoms with E-state index in [1.54, 1.807) is 11.9 Å². The van der Waals surface area contributed by atoms with Gasteiger partial charge < -0.3 is 15.4 Å². The van der Waals surface area contributed by atoms with Gasteiger partial charge in [0.25, 0.3) is 0 Å². The van der Waals surface area contributed by atoms with Gasteiger partial charge in [-0.25, -0.2) is 4.98 Å². The summed E-state index contributed by atoms with van der Waals surface area (Å²) in [5, 5.41) is 0. The van der Waals surface area contributed by atoms with Crippen molar-refractivity contribution in [1.82, 2.24) is 4.98 Å². The first-order chi connectivity index (χ1) is 8.88. The largest absolute Gasteiger partial charge is 0.416 e. The Morgan fingerprint density at radius 1 is 1.32 bits per heavy atom. The number of nitrogens with zero attached hydrogens (tertiary/aromatic N) is 2. The van der Waals surface area contributed by atoms with E-state index in [-0.39, 0.29) is 17.7 Å². The predicted molar refractivity (Wildman–Crippen MR) is 65.9 cm³/mol. The van der Waals surface area contributed by atoms with Crippen molar-refractivity contribution < 1.29 is 17.9 Å². The molecule has 1 saturated heterocycles. The summed E-state index contributed by atoms with van der Waals surface area (Å²) in [5.41, 5.74) is 4.69. The molecular weight excluding hydrogens is 259 g/mol. The normalized spacial score (nSPS) is 17.5. The lowest BCUT2D eigenvalue weighted by Gasteiger charge is -2.32. The Bertz CT molecular complexity index is 444. The number of alkyl halides is 3. The highest BCUT2D eigenvalue weighted by Crippen LogP contribution is 2.32. The number of ether oxygens (including phenoxy) is 1. The summed E-state index contributed by atoms with van der Waals surface area (Å²) < 4.78 is 43.4. The van der Waals surface area contributed by atoms with Crippen LogP contribution in [-0.2, 0) is 10.9 Å². The van der Waals surface area contributed by atoms with E-state index in [1.807, 2.05) is 0 Å². The maximum absolute atomic E-state index is 12.7. The van der Waals surface area contributed by atoms with Gasteiger partial charge in [-0.15, -0.1) is 0 Å². The number of pyridine rings is 1. The fraction of sp³-hybridized carbons (Fsp3) is 0.583. The first kappa shape index (κ1) is 13.9. The number of aromatic nitrogens is 1. The highest BCUT2D eigenvalue weighted by Gasteiger charge is 2.32. The molecule has 0 amide bonds. The van der Waals surface area contributed by atoms with Crippen molar-refractivity contribution in [1.29, 1.82) is 0 Å². The van der Waals surface area contributed by atoms with Crippen LogP contribution in [0.1, 0.15) is 18.4 Å². The predicted octanol–water partition coefficient (Wildman–Crippen LogP) is 2.30. The third-order valence-electron chi connectivity index (χ3n) is 3.26. The molecular formula is C12H16F3N3O. The molecule has 0 aliphatic carbocycles. The molecule has 106 valence electrons. The Kier molecular flexibility index (Phi) is 3.84. The van der Waals surface area contributed by atoms with E-state index in [0.717, 1.165) is 25.0 Å². The van der Waals surface area contributed by atoms with Gasteiger partial charge in [0.2, 0.25) is 0 Å². The van der Waals surface area contributed by atoms with Crippen molar-refractivity contribution in [3.05, 3.63) is 17.7 Å². The molecule has 1 aliphatic rings. The summed E-state index contributed by atoms with van der Waals surface area (Å²) >= 11 is 0. The average Bonchev–Trinajstić information content (AvgIpc) is 2.37. The van der Waals surface area contributed by atoms with Crippen LogP contribution in [0.3, 0.4) is 0 Å². The van der Waals surface area contributed by atoms with Crippen LogP contribution >= 0.6 is 0 Å². The monoisotopic (exact) mass is 275 g/mol. The third-order valence-corrected chi connectivity index (χ3v) is 3.26. The molecule has 0 aromatic carbocycles. The van der Waals surface area contributed by atoms with Crippen molar-refractivity contribution in [2.45, 2.75) is 25.1 Å². The van der Waals surface area contributed by atoms with Gasteiger partial charge >= 0.3 is 6.18 Å². The number of rotatable bonds is 2. The van der Waals surface area contributed by atoms with E-state index in [9.17, 15) is 13.2 Å². The van der Waals surface area contributed by atoms with Gasteiger partial charge in [0.1, 0.15) is 11.6 Å². The number of halogens is 3. The highest BCUT2D eigenvalue weighted by atomic mass is 19.4. The first-order valence-electron chi connectivity index (χ1n) is 6.03. The van der Waals surface area contributed by atoms with Crippen LogP contribution in [0, 0.1) is 0 Å². The number of nitrogen functional groups attached to an aromatic ring is 1. The average molecular weight is 275 g/mol. The van der Waals surface area contributed by atoms with Gasteiger partial charge in [-0.2, -0.15) is 13.2 Å². The lowest BCUT2D eigenvalue weighted by atomic mass is 10.1. The number of anilines is 2. The van der Waals surface area contributed by atoms with Crippen molar-refractivity contribution in [2.24, 2.45) is 0 Å². The first-order valence-corrected chi connectivity index (χ1v) is 6.03. The summed E-state index contributed by atoms with van der Waals surface area (Å²) in [6.45, 7) is 1.23. The number of hydrogen-bond acceptors (Lipinski definition) is 4. The van der Waals surface area contributed by atoms with Gasteiger partial charge in [0, 0.05) is 26.3 Å². The molecule has 1 aliphatic heterocycles. The molecule has 2 heterocycles. The maximum atomic E-state index is 12.7. The molecule has 1 fully saturated rings. The SMILES string of the molecule is CN(c1cc(C(F)(F)F)cc(N)n1)C1CCOCC1. The van der Waals surface area contributed by atoms with E-state index < -0.39 is 11.7 Å². The minimum absolute atomic E-state index is 0.122. The van der Waals surface area contributed by atoms with Crippen LogP contribution in [0.4, 0.5) is 24.8 Å². The Morgan fingerprint density at radius 3 is 2.53 bits per heavy atom. The van der Waals surface area contributed by atoms with Crippen molar-refractivity contribution in [3.8, 4) is 0 Å². The van der Waals surface area contributed by atoms with E-state index in [0.29, 0.717) is 13.2 Å². The van der Waals surface area contributed by atoms with Crippen LogP contribution in [-0.4, -0.2) is 31.3 Å². The quantitative estimate of drug-likeness (QED) is 0.899. The lowest BCUT2D eigenvalue weighted by molar-refractivity contribution is -0.137. The van der Waals surface area contributed by atoms with Crippen molar-refractivity contribution in [3.63, 3.8) is 0 Å². The second-order valence-corrected chi connectivity index (χ2v) is 4.59. The van der Waals surface area contributed by atoms with Gasteiger partial charge in [-0.3, -0.25) is 0 Å². The molecule has 2 rings (SSSR count). The number of nitrogens with two attached hydrogens (primary N) is 1. The molecule has 0 saturated carbocycles. The van der Waals surface area contributed by atoms with Crippen LogP contribution in [0.15, 0.2) is 12.1 Å². The molecule has 0 unspecified atom stereocenters. The summed E-state index contributed by atoms with van der Waals surface area (Å²) in [5.74, 6) is 0.128. The molecule has 1 aromatic rings. The van der Waals surface area contributed by atoms with Crippen LogP contribution in [0.5, 0.6) is 0 Å². The molecule has 4 nitrogen and oxygen atoms in total. The second-order valence-electron chi connectivity index (χ2n) is 4.59. The zero-order valence-corrected chi connectivity index (χ0v) is 10.6. The Hall–Kier alpha value is -1.50. The Balaban J connectivity index is 2.26. The summed E-state index contributed by atoms with van der Waals surface area (Å²) in [4.78, 5) is 5.73.